The molecule has 2 aromatic carbocycles. The Morgan fingerprint density at radius 3 is 2.46 bits per heavy atom. The maximum Gasteiger partial charge on any atom is 0.363 e. The number of halogens is 2. The molecule has 0 radical (unpaired) electrons. The van der Waals surface area contributed by atoms with E-state index in [9.17, 15) is 4.79 Å². The maximum atomic E-state index is 12.1. The molecule has 1 aliphatic rings. The van der Waals surface area contributed by atoms with Gasteiger partial charge in [0.15, 0.2) is 5.70 Å². The molecular weight excluding hydrogens is 462 g/mol. The first-order valence-electron chi connectivity index (χ1n) is 7.80. The van der Waals surface area contributed by atoms with Gasteiger partial charge in [-0.25, -0.2) is 9.79 Å². The molecule has 0 N–H and O–H groups in total. The highest BCUT2D eigenvalue weighted by Crippen LogP contribution is 2.35. The number of carbonyl (C=O) groups is 1. The van der Waals surface area contributed by atoms with Crippen molar-refractivity contribution < 1.29 is 14.3 Å². The molecule has 0 saturated heterocycles. The Hall–Kier alpha value is -2.18. The Balaban J connectivity index is 1.90. The van der Waals surface area contributed by atoms with Crippen LogP contribution in [0.5, 0.6) is 5.75 Å². The summed E-state index contributed by atoms with van der Waals surface area (Å²) >= 11 is 6.95. The SMILES string of the molecule is C=CCOc1c(Br)cc(/C=C2\N=C(c3ccc(C)cc3)OC2=O)cc1Br. The van der Waals surface area contributed by atoms with E-state index < -0.39 is 5.97 Å². The lowest BCUT2D eigenvalue weighted by Gasteiger charge is -2.09. The molecule has 3 rings (SSSR count). The second-order valence-corrected chi connectivity index (χ2v) is 7.32. The minimum absolute atomic E-state index is 0.249. The van der Waals surface area contributed by atoms with Gasteiger partial charge in [-0.3, -0.25) is 0 Å². The van der Waals surface area contributed by atoms with Crippen molar-refractivity contribution >= 4 is 49.8 Å². The Morgan fingerprint density at radius 2 is 1.85 bits per heavy atom. The number of benzene rings is 2. The number of rotatable bonds is 5. The number of hydrogen-bond acceptors (Lipinski definition) is 4. The third-order valence-electron chi connectivity index (χ3n) is 3.59. The monoisotopic (exact) mass is 475 g/mol. The third-order valence-corrected chi connectivity index (χ3v) is 4.77. The number of cyclic esters (lactones) is 1. The van der Waals surface area contributed by atoms with Gasteiger partial charge in [-0.2, -0.15) is 0 Å². The fourth-order valence-electron chi connectivity index (χ4n) is 2.33. The van der Waals surface area contributed by atoms with Crippen molar-refractivity contribution in [1.29, 1.82) is 0 Å². The molecule has 26 heavy (non-hydrogen) atoms. The van der Waals surface area contributed by atoms with Crippen LogP contribution in [0.1, 0.15) is 16.7 Å². The molecule has 0 aliphatic carbocycles. The quantitative estimate of drug-likeness (QED) is 0.328. The molecule has 0 unspecified atom stereocenters. The van der Waals surface area contributed by atoms with Gasteiger partial charge >= 0.3 is 5.97 Å². The Morgan fingerprint density at radius 1 is 1.19 bits per heavy atom. The molecule has 0 amide bonds. The number of esters is 1. The van der Waals surface area contributed by atoms with Crippen molar-refractivity contribution in [3.8, 4) is 5.75 Å². The average Bonchev–Trinajstić information content (AvgIpc) is 2.95. The summed E-state index contributed by atoms with van der Waals surface area (Å²) in [5.74, 6) is 0.509. The number of hydrogen-bond donors (Lipinski definition) is 0. The van der Waals surface area contributed by atoms with Crippen molar-refractivity contribution in [3.05, 3.63) is 80.4 Å². The van der Waals surface area contributed by atoms with E-state index in [1.54, 1.807) is 12.2 Å². The fraction of sp³-hybridized carbons (Fsp3) is 0.100. The Bertz CT molecular complexity index is 908. The predicted molar refractivity (Wildman–Crippen MR) is 109 cm³/mol. The lowest BCUT2D eigenvalue weighted by molar-refractivity contribution is -0.129. The van der Waals surface area contributed by atoms with Crippen LogP contribution in [0.3, 0.4) is 0 Å². The van der Waals surface area contributed by atoms with Crippen LogP contribution in [-0.2, 0) is 9.53 Å². The van der Waals surface area contributed by atoms with E-state index in [2.05, 4.69) is 43.4 Å². The maximum absolute atomic E-state index is 12.1. The summed E-state index contributed by atoms with van der Waals surface area (Å²) in [5.41, 5.74) is 2.93. The van der Waals surface area contributed by atoms with Crippen LogP contribution in [0.25, 0.3) is 6.08 Å². The van der Waals surface area contributed by atoms with Crippen LogP contribution in [0.2, 0.25) is 0 Å². The van der Waals surface area contributed by atoms with Crippen molar-refractivity contribution in [2.45, 2.75) is 6.92 Å². The number of aryl methyl sites for hydroxylation is 1. The Kier molecular flexibility index (Phi) is 5.74. The van der Waals surface area contributed by atoms with E-state index in [1.165, 1.54) is 0 Å². The summed E-state index contributed by atoms with van der Waals surface area (Å²) in [7, 11) is 0. The van der Waals surface area contributed by atoms with Crippen LogP contribution in [0.4, 0.5) is 0 Å². The summed E-state index contributed by atoms with van der Waals surface area (Å²) in [5, 5.41) is 0. The number of aliphatic imine (C=N–C) groups is 1. The highest BCUT2D eigenvalue weighted by atomic mass is 79.9. The van der Waals surface area contributed by atoms with E-state index in [0.29, 0.717) is 18.3 Å². The smallest absolute Gasteiger partial charge is 0.363 e. The normalized spacial score (nSPS) is 15.0. The second-order valence-electron chi connectivity index (χ2n) is 5.62. The number of ether oxygens (including phenoxy) is 2. The van der Waals surface area contributed by atoms with Gasteiger partial charge < -0.3 is 9.47 Å². The molecule has 132 valence electrons. The Labute approximate surface area is 168 Å². The highest BCUT2D eigenvalue weighted by molar-refractivity contribution is 9.11. The van der Waals surface area contributed by atoms with Crippen molar-refractivity contribution in [2.24, 2.45) is 4.99 Å². The molecule has 0 saturated carbocycles. The summed E-state index contributed by atoms with van der Waals surface area (Å²) in [6, 6.07) is 11.4. The summed E-state index contributed by atoms with van der Waals surface area (Å²) in [4.78, 5) is 16.5. The van der Waals surface area contributed by atoms with Gasteiger partial charge in [0, 0.05) is 5.56 Å². The number of nitrogens with zero attached hydrogens (tertiary/aromatic N) is 1. The molecule has 0 atom stereocenters. The first-order valence-corrected chi connectivity index (χ1v) is 9.39. The predicted octanol–water partition coefficient (Wildman–Crippen LogP) is 5.43. The van der Waals surface area contributed by atoms with E-state index in [0.717, 1.165) is 25.6 Å². The first kappa shape index (κ1) is 18.6. The van der Waals surface area contributed by atoms with Crippen LogP contribution in [-0.4, -0.2) is 18.5 Å². The topological polar surface area (TPSA) is 47.9 Å². The van der Waals surface area contributed by atoms with E-state index in [4.69, 9.17) is 9.47 Å². The zero-order valence-electron chi connectivity index (χ0n) is 14.0. The molecule has 0 fully saturated rings. The van der Waals surface area contributed by atoms with Crippen LogP contribution >= 0.6 is 31.9 Å². The lowest BCUT2D eigenvalue weighted by Crippen LogP contribution is -2.05. The lowest BCUT2D eigenvalue weighted by atomic mass is 10.1. The summed E-state index contributed by atoms with van der Waals surface area (Å²) in [6.07, 6.45) is 3.35. The minimum atomic E-state index is -0.472. The first-order chi connectivity index (χ1) is 12.5. The van der Waals surface area contributed by atoms with Crippen LogP contribution in [0, 0.1) is 6.92 Å². The zero-order valence-corrected chi connectivity index (χ0v) is 17.1. The van der Waals surface area contributed by atoms with E-state index >= 15 is 0 Å². The summed E-state index contributed by atoms with van der Waals surface area (Å²) < 4.78 is 12.4. The van der Waals surface area contributed by atoms with Gasteiger partial charge in [0.05, 0.1) is 8.95 Å². The molecule has 4 nitrogen and oxygen atoms in total. The summed E-state index contributed by atoms with van der Waals surface area (Å²) in [6.45, 7) is 6.03. The van der Waals surface area contributed by atoms with Crippen molar-refractivity contribution in [3.63, 3.8) is 0 Å². The third kappa shape index (κ3) is 4.14. The van der Waals surface area contributed by atoms with Crippen molar-refractivity contribution in [1.82, 2.24) is 0 Å². The van der Waals surface area contributed by atoms with E-state index in [-0.39, 0.29) is 5.70 Å². The van der Waals surface area contributed by atoms with Gasteiger partial charge in [-0.1, -0.05) is 30.4 Å². The van der Waals surface area contributed by atoms with E-state index in [1.807, 2.05) is 43.3 Å². The molecule has 2 aromatic rings. The molecular formula is C20H15Br2NO3. The standard InChI is InChI=1S/C20H15Br2NO3/c1-3-8-25-18-15(21)9-13(10-16(18)22)11-17-20(24)26-19(23-17)14-6-4-12(2)5-7-14/h3-7,9-11H,1,8H2,2H3/b17-11-. The van der Waals surface area contributed by atoms with Gasteiger partial charge in [0.25, 0.3) is 0 Å². The average molecular weight is 477 g/mol. The minimum Gasteiger partial charge on any atom is -0.487 e. The van der Waals surface area contributed by atoms with Crippen molar-refractivity contribution in [2.75, 3.05) is 6.61 Å². The molecule has 0 aromatic heterocycles. The fourth-order valence-corrected chi connectivity index (χ4v) is 3.78. The molecule has 0 spiro atoms. The van der Waals surface area contributed by atoms with Gasteiger partial charge in [0.1, 0.15) is 12.4 Å². The molecule has 1 heterocycles. The largest absolute Gasteiger partial charge is 0.487 e. The van der Waals surface area contributed by atoms with Gasteiger partial charge in [-0.15, -0.1) is 0 Å². The van der Waals surface area contributed by atoms with Gasteiger partial charge in [0.2, 0.25) is 5.90 Å². The number of carbonyl (C=O) groups excluding carboxylic acids is 1. The highest BCUT2D eigenvalue weighted by Gasteiger charge is 2.24. The molecule has 6 heteroatoms. The zero-order chi connectivity index (χ0) is 18.7. The van der Waals surface area contributed by atoms with Crippen LogP contribution in [0.15, 0.2) is 68.7 Å². The van der Waals surface area contributed by atoms with Crippen LogP contribution < -0.4 is 4.74 Å². The molecule has 1 aliphatic heterocycles. The second kappa shape index (κ2) is 8.01. The molecule has 0 bridgehead atoms. The van der Waals surface area contributed by atoms with Gasteiger partial charge in [-0.05, 0) is 74.7 Å².